The van der Waals surface area contributed by atoms with Crippen molar-refractivity contribution in [3.05, 3.63) is 42.2 Å². The van der Waals surface area contributed by atoms with Gasteiger partial charge in [0.15, 0.2) is 0 Å². The predicted octanol–water partition coefficient (Wildman–Crippen LogP) is 3.21. The van der Waals surface area contributed by atoms with E-state index >= 15 is 0 Å². The highest BCUT2D eigenvalue weighted by Crippen LogP contribution is 2.20. The summed E-state index contributed by atoms with van der Waals surface area (Å²) in [5.74, 6) is -0.177. The first-order chi connectivity index (χ1) is 6.61. The van der Waals surface area contributed by atoms with Gasteiger partial charge in [-0.05, 0) is 25.0 Å². The second-order valence-electron chi connectivity index (χ2n) is 3.29. The van der Waals surface area contributed by atoms with Crippen LogP contribution in [0.2, 0.25) is 0 Å². The fourth-order valence-corrected chi connectivity index (χ4v) is 1.21. The van der Waals surface area contributed by atoms with Crippen LogP contribution >= 0.6 is 0 Å². The van der Waals surface area contributed by atoms with E-state index in [0.717, 1.165) is 0 Å². The molecule has 0 aliphatic carbocycles. The Bertz CT molecular complexity index is 355. The maximum absolute atomic E-state index is 13.2. The summed E-state index contributed by atoms with van der Waals surface area (Å²) in [4.78, 5) is 10.7. The lowest BCUT2D eigenvalue weighted by Gasteiger charge is -2.05. The summed E-state index contributed by atoms with van der Waals surface area (Å²) in [6.45, 7) is 5.29. The van der Waals surface area contributed by atoms with Crippen LogP contribution in [0.3, 0.4) is 0 Å². The molecule has 0 saturated carbocycles. The number of ketones is 1. The molecule has 0 aliphatic rings. The zero-order valence-electron chi connectivity index (χ0n) is 8.22. The minimum atomic E-state index is -0.277. The molecule has 14 heavy (non-hydrogen) atoms. The van der Waals surface area contributed by atoms with E-state index in [2.05, 4.69) is 6.58 Å². The second kappa shape index (κ2) is 4.70. The number of carbonyl (C=O) groups is 1. The Morgan fingerprint density at radius 1 is 1.36 bits per heavy atom. The molecule has 1 rings (SSSR count). The molecular weight excluding hydrogens is 179 g/mol. The highest BCUT2D eigenvalue weighted by molar-refractivity contribution is 5.78. The molecule has 0 radical (unpaired) electrons. The minimum Gasteiger partial charge on any atom is -0.300 e. The summed E-state index contributed by atoms with van der Waals surface area (Å²) in [5.41, 5.74) is 1.19. The smallest absolute Gasteiger partial charge is 0.130 e. The Balaban J connectivity index is 2.70. The number of halogens is 1. The molecule has 0 unspecified atom stereocenters. The summed E-state index contributed by atoms with van der Waals surface area (Å²) in [5, 5.41) is 0. The number of Topliss-reactive ketones (excluding diaryl/α,β-unsaturated/α-hetero) is 1. The number of hydrogen-bond acceptors (Lipinski definition) is 1. The number of carbonyl (C=O) groups excluding carboxylic acids is 1. The molecule has 0 spiro atoms. The highest BCUT2D eigenvalue weighted by Gasteiger charge is 2.05. The van der Waals surface area contributed by atoms with Gasteiger partial charge < -0.3 is 4.79 Å². The quantitative estimate of drug-likeness (QED) is 0.715. The topological polar surface area (TPSA) is 17.1 Å². The molecular formula is C12H13FO. The summed E-state index contributed by atoms with van der Waals surface area (Å²) < 4.78 is 13.2. The van der Waals surface area contributed by atoms with Crippen LogP contribution < -0.4 is 0 Å². The van der Waals surface area contributed by atoms with E-state index in [1.165, 1.54) is 13.0 Å². The van der Waals surface area contributed by atoms with E-state index in [-0.39, 0.29) is 11.6 Å². The van der Waals surface area contributed by atoms with Crippen LogP contribution in [0.4, 0.5) is 4.39 Å². The second-order valence-corrected chi connectivity index (χ2v) is 3.29. The van der Waals surface area contributed by atoms with Crippen LogP contribution in [0.25, 0.3) is 5.57 Å². The van der Waals surface area contributed by atoms with Gasteiger partial charge >= 0.3 is 0 Å². The lowest BCUT2D eigenvalue weighted by Crippen LogP contribution is -1.93. The van der Waals surface area contributed by atoms with Gasteiger partial charge in [0, 0.05) is 12.0 Å². The Kier molecular flexibility index (Phi) is 3.57. The van der Waals surface area contributed by atoms with Crippen molar-refractivity contribution in [2.75, 3.05) is 0 Å². The van der Waals surface area contributed by atoms with Gasteiger partial charge in [0.05, 0.1) is 0 Å². The van der Waals surface area contributed by atoms with Crippen LogP contribution in [0, 0.1) is 5.82 Å². The van der Waals surface area contributed by atoms with Crippen molar-refractivity contribution in [1.82, 2.24) is 0 Å². The Morgan fingerprint density at radius 3 is 2.57 bits per heavy atom. The Morgan fingerprint density at radius 2 is 2.00 bits per heavy atom. The van der Waals surface area contributed by atoms with Gasteiger partial charge in [-0.3, -0.25) is 0 Å². The maximum atomic E-state index is 13.2. The van der Waals surface area contributed by atoms with E-state index in [4.69, 9.17) is 0 Å². The molecule has 1 aromatic carbocycles. The first kappa shape index (κ1) is 10.6. The number of hydrogen-bond donors (Lipinski definition) is 0. The zero-order valence-corrected chi connectivity index (χ0v) is 8.22. The van der Waals surface area contributed by atoms with Crippen LogP contribution in [0.5, 0.6) is 0 Å². The molecule has 0 atom stereocenters. The van der Waals surface area contributed by atoms with E-state index < -0.39 is 0 Å². The maximum Gasteiger partial charge on any atom is 0.130 e. The largest absolute Gasteiger partial charge is 0.300 e. The third-order valence-corrected chi connectivity index (χ3v) is 2.03. The fraction of sp³-hybridized carbons (Fsp3) is 0.250. The van der Waals surface area contributed by atoms with Crippen LogP contribution in [-0.2, 0) is 4.79 Å². The Labute approximate surface area is 83.3 Å². The number of benzene rings is 1. The van der Waals surface area contributed by atoms with Crippen LogP contribution in [0.1, 0.15) is 25.3 Å². The normalized spacial score (nSPS) is 9.86. The summed E-state index contributed by atoms with van der Waals surface area (Å²) in [6.07, 6.45) is 0.948. The first-order valence-electron chi connectivity index (χ1n) is 4.53. The van der Waals surface area contributed by atoms with Crippen molar-refractivity contribution in [3.8, 4) is 0 Å². The molecule has 0 aliphatic heterocycles. The number of allylic oxidation sites excluding steroid dienone is 1. The average molecular weight is 192 g/mol. The van der Waals surface area contributed by atoms with Gasteiger partial charge in [0.25, 0.3) is 0 Å². The van der Waals surface area contributed by atoms with E-state index in [0.29, 0.717) is 24.0 Å². The fourth-order valence-electron chi connectivity index (χ4n) is 1.21. The van der Waals surface area contributed by atoms with Gasteiger partial charge in [-0.25, -0.2) is 4.39 Å². The molecule has 0 heterocycles. The van der Waals surface area contributed by atoms with Crippen LogP contribution in [0.15, 0.2) is 30.8 Å². The van der Waals surface area contributed by atoms with Crippen LogP contribution in [-0.4, -0.2) is 5.78 Å². The molecule has 0 aromatic heterocycles. The zero-order chi connectivity index (χ0) is 10.6. The molecule has 0 saturated heterocycles. The van der Waals surface area contributed by atoms with Crippen molar-refractivity contribution in [1.29, 1.82) is 0 Å². The lowest BCUT2D eigenvalue weighted by molar-refractivity contribution is -0.116. The molecule has 0 N–H and O–H groups in total. The van der Waals surface area contributed by atoms with E-state index in [1.54, 1.807) is 18.2 Å². The summed E-state index contributed by atoms with van der Waals surface area (Å²) in [7, 11) is 0. The number of rotatable bonds is 4. The molecule has 1 nitrogen and oxygen atoms in total. The molecule has 0 amide bonds. The SMILES string of the molecule is C=C(CCC(C)=O)c1ccccc1F. The highest BCUT2D eigenvalue weighted by atomic mass is 19.1. The van der Waals surface area contributed by atoms with Gasteiger partial charge in [-0.1, -0.05) is 24.8 Å². The molecule has 1 aromatic rings. The summed E-state index contributed by atoms with van der Waals surface area (Å²) >= 11 is 0. The molecule has 0 fully saturated rings. The first-order valence-corrected chi connectivity index (χ1v) is 4.53. The van der Waals surface area contributed by atoms with Crippen molar-refractivity contribution < 1.29 is 9.18 Å². The van der Waals surface area contributed by atoms with Gasteiger partial charge in [-0.2, -0.15) is 0 Å². The van der Waals surface area contributed by atoms with Crippen molar-refractivity contribution >= 4 is 11.4 Å². The molecule has 2 heteroatoms. The van der Waals surface area contributed by atoms with Crippen molar-refractivity contribution in [2.45, 2.75) is 19.8 Å². The van der Waals surface area contributed by atoms with E-state index in [1.807, 2.05) is 0 Å². The van der Waals surface area contributed by atoms with Crippen molar-refractivity contribution in [2.24, 2.45) is 0 Å². The third kappa shape index (κ3) is 2.80. The average Bonchev–Trinajstić information content (AvgIpc) is 2.15. The van der Waals surface area contributed by atoms with Crippen molar-refractivity contribution in [3.63, 3.8) is 0 Å². The van der Waals surface area contributed by atoms with E-state index in [9.17, 15) is 9.18 Å². The Hall–Kier alpha value is -1.44. The van der Waals surface area contributed by atoms with Gasteiger partial charge in [0.1, 0.15) is 11.6 Å². The standard InChI is InChI=1S/C12H13FO/c1-9(7-8-10(2)14)11-5-3-4-6-12(11)13/h3-6H,1,7-8H2,2H3. The molecule has 0 bridgehead atoms. The monoisotopic (exact) mass is 192 g/mol. The lowest BCUT2D eigenvalue weighted by atomic mass is 10.0. The molecule has 74 valence electrons. The van der Waals surface area contributed by atoms with Gasteiger partial charge in [0.2, 0.25) is 0 Å². The minimum absolute atomic E-state index is 0.0995. The summed E-state index contributed by atoms with van der Waals surface area (Å²) in [6, 6.07) is 6.47. The predicted molar refractivity (Wildman–Crippen MR) is 55.3 cm³/mol. The van der Waals surface area contributed by atoms with Gasteiger partial charge in [-0.15, -0.1) is 0 Å². The third-order valence-electron chi connectivity index (χ3n) is 2.03.